The fourth-order valence-electron chi connectivity index (χ4n) is 1.76. The molecule has 1 heterocycles. The number of halogens is 1. The molecule has 0 aliphatic carbocycles. The standard InChI is InChI=1S/C12H17BrN2O3/c1-4-5-12(2,11(17)18-3)15-10(16)9-6-8(13)7-14-9/h6-7,14H,4-5H2,1-3H3,(H,15,16). The van der Waals surface area contributed by atoms with E-state index in [1.807, 2.05) is 6.92 Å². The predicted octanol–water partition coefficient (Wildman–Crippen LogP) is 2.24. The smallest absolute Gasteiger partial charge is 0.331 e. The molecule has 0 radical (unpaired) electrons. The van der Waals surface area contributed by atoms with Gasteiger partial charge in [-0.05, 0) is 35.3 Å². The topological polar surface area (TPSA) is 71.2 Å². The lowest BCUT2D eigenvalue weighted by Gasteiger charge is -2.27. The maximum atomic E-state index is 12.0. The van der Waals surface area contributed by atoms with Gasteiger partial charge in [-0.3, -0.25) is 4.79 Å². The molecule has 1 amide bonds. The molecule has 0 spiro atoms. The van der Waals surface area contributed by atoms with Crippen molar-refractivity contribution in [1.29, 1.82) is 0 Å². The molecule has 0 aromatic carbocycles. The summed E-state index contributed by atoms with van der Waals surface area (Å²) in [7, 11) is 1.31. The molecule has 100 valence electrons. The number of H-pyrrole nitrogens is 1. The number of rotatable bonds is 5. The zero-order chi connectivity index (χ0) is 13.8. The van der Waals surface area contributed by atoms with E-state index in [-0.39, 0.29) is 5.91 Å². The minimum absolute atomic E-state index is 0.331. The van der Waals surface area contributed by atoms with Gasteiger partial charge < -0.3 is 15.0 Å². The average molecular weight is 317 g/mol. The van der Waals surface area contributed by atoms with Crippen LogP contribution in [0.15, 0.2) is 16.7 Å². The molecule has 2 N–H and O–H groups in total. The van der Waals surface area contributed by atoms with Crippen LogP contribution in [0.2, 0.25) is 0 Å². The number of methoxy groups -OCH3 is 1. The molecule has 0 bridgehead atoms. The van der Waals surface area contributed by atoms with E-state index in [1.165, 1.54) is 7.11 Å². The van der Waals surface area contributed by atoms with Gasteiger partial charge in [0.2, 0.25) is 0 Å². The monoisotopic (exact) mass is 316 g/mol. The molecule has 5 nitrogen and oxygen atoms in total. The van der Waals surface area contributed by atoms with Gasteiger partial charge in [-0.15, -0.1) is 0 Å². The Morgan fingerprint density at radius 2 is 2.22 bits per heavy atom. The van der Waals surface area contributed by atoms with E-state index < -0.39 is 11.5 Å². The Labute approximate surface area is 114 Å². The molecular formula is C12H17BrN2O3. The summed E-state index contributed by atoms with van der Waals surface area (Å²) in [5.74, 6) is -0.773. The molecule has 1 unspecified atom stereocenters. The van der Waals surface area contributed by atoms with E-state index in [4.69, 9.17) is 4.74 Å². The molecule has 1 aromatic heterocycles. The van der Waals surface area contributed by atoms with Crippen LogP contribution in [0, 0.1) is 0 Å². The Morgan fingerprint density at radius 1 is 1.56 bits per heavy atom. The van der Waals surface area contributed by atoms with Crippen molar-refractivity contribution in [1.82, 2.24) is 10.3 Å². The van der Waals surface area contributed by atoms with E-state index >= 15 is 0 Å². The van der Waals surface area contributed by atoms with Crippen LogP contribution in [0.1, 0.15) is 37.2 Å². The lowest BCUT2D eigenvalue weighted by Crippen LogP contribution is -2.52. The molecule has 1 aromatic rings. The summed E-state index contributed by atoms with van der Waals surface area (Å²) >= 11 is 3.25. The quantitative estimate of drug-likeness (QED) is 0.818. The van der Waals surface area contributed by atoms with E-state index in [0.717, 1.165) is 10.9 Å². The molecule has 0 saturated heterocycles. The van der Waals surface area contributed by atoms with E-state index in [9.17, 15) is 9.59 Å². The van der Waals surface area contributed by atoms with Crippen molar-refractivity contribution in [3.8, 4) is 0 Å². The summed E-state index contributed by atoms with van der Waals surface area (Å²) in [4.78, 5) is 26.6. The number of carbonyl (C=O) groups excluding carboxylic acids is 2. The van der Waals surface area contributed by atoms with Crippen molar-refractivity contribution in [2.24, 2.45) is 0 Å². The summed E-state index contributed by atoms with van der Waals surface area (Å²) in [5, 5.41) is 2.71. The van der Waals surface area contributed by atoms with Gasteiger partial charge in [0.15, 0.2) is 0 Å². The predicted molar refractivity (Wildman–Crippen MR) is 71.3 cm³/mol. The third kappa shape index (κ3) is 3.35. The molecule has 0 aliphatic heterocycles. The number of hydrogen-bond acceptors (Lipinski definition) is 3. The zero-order valence-electron chi connectivity index (χ0n) is 10.7. The molecule has 1 rings (SSSR count). The second-order valence-corrected chi connectivity index (χ2v) is 5.18. The molecule has 0 aliphatic rings. The summed E-state index contributed by atoms with van der Waals surface area (Å²) < 4.78 is 5.52. The first kappa shape index (κ1) is 14.8. The molecule has 18 heavy (non-hydrogen) atoms. The normalized spacial score (nSPS) is 13.8. The highest BCUT2D eigenvalue weighted by molar-refractivity contribution is 9.10. The van der Waals surface area contributed by atoms with Gasteiger partial charge in [0.25, 0.3) is 5.91 Å². The van der Waals surface area contributed by atoms with E-state index in [2.05, 4.69) is 26.2 Å². The number of nitrogens with one attached hydrogen (secondary N) is 2. The lowest BCUT2D eigenvalue weighted by atomic mass is 9.96. The van der Waals surface area contributed by atoms with Crippen LogP contribution in [0.25, 0.3) is 0 Å². The fourth-order valence-corrected chi connectivity index (χ4v) is 2.10. The number of carbonyl (C=O) groups is 2. The molecular weight excluding hydrogens is 300 g/mol. The Morgan fingerprint density at radius 3 is 2.67 bits per heavy atom. The number of aromatic amines is 1. The van der Waals surface area contributed by atoms with Crippen LogP contribution in [0.3, 0.4) is 0 Å². The van der Waals surface area contributed by atoms with Crippen LogP contribution >= 0.6 is 15.9 Å². The largest absolute Gasteiger partial charge is 0.467 e. The van der Waals surface area contributed by atoms with Gasteiger partial charge >= 0.3 is 5.97 Å². The highest BCUT2D eigenvalue weighted by Gasteiger charge is 2.35. The number of hydrogen-bond donors (Lipinski definition) is 2. The van der Waals surface area contributed by atoms with Crippen LogP contribution in [-0.2, 0) is 9.53 Å². The van der Waals surface area contributed by atoms with Crippen LogP contribution < -0.4 is 5.32 Å². The first-order valence-electron chi connectivity index (χ1n) is 5.67. The molecule has 1 atom stereocenters. The van der Waals surface area contributed by atoms with Gasteiger partial charge in [0.05, 0.1) is 7.11 Å². The minimum Gasteiger partial charge on any atom is -0.467 e. The molecule has 0 saturated carbocycles. The third-order valence-corrected chi connectivity index (χ3v) is 3.13. The van der Waals surface area contributed by atoms with Crippen molar-refractivity contribution in [2.75, 3.05) is 7.11 Å². The van der Waals surface area contributed by atoms with Crippen molar-refractivity contribution in [2.45, 2.75) is 32.2 Å². The number of ether oxygens (including phenoxy) is 1. The van der Waals surface area contributed by atoms with Crippen LogP contribution in [0.4, 0.5) is 0 Å². The second kappa shape index (κ2) is 6.04. The SMILES string of the molecule is CCCC(C)(NC(=O)c1cc(Br)c[nH]1)C(=O)OC. The van der Waals surface area contributed by atoms with Crippen molar-refractivity contribution in [3.63, 3.8) is 0 Å². The van der Waals surface area contributed by atoms with Crippen molar-refractivity contribution >= 4 is 27.8 Å². The van der Waals surface area contributed by atoms with Crippen LogP contribution in [-0.4, -0.2) is 29.5 Å². The van der Waals surface area contributed by atoms with Gasteiger partial charge in [-0.1, -0.05) is 13.3 Å². The van der Waals surface area contributed by atoms with Gasteiger partial charge in [0, 0.05) is 10.7 Å². The lowest BCUT2D eigenvalue weighted by molar-refractivity contribution is -0.147. The third-order valence-electron chi connectivity index (χ3n) is 2.67. The van der Waals surface area contributed by atoms with Crippen LogP contribution in [0.5, 0.6) is 0 Å². The Bertz CT molecular complexity index is 444. The minimum atomic E-state index is -1.00. The van der Waals surface area contributed by atoms with Gasteiger partial charge in [-0.25, -0.2) is 4.79 Å². The second-order valence-electron chi connectivity index (χ2n) is 4.26. The zero-order valence-corrected chi connectivity index (χ0v) is 12.3. The van der Waals surface area contributed by atoms with Gasteiger partial charge in [0.1, 0.15) is 11.2 Å². The highest BCUT2D eigenvalue weighted by Crippen LogP contribution is 2.16. The van der Waals surface area contributed by atoms with Crippen molar-refractivity contribution in [3.05, 3.63) is 22.4 Å². The number of amides is 1. The maximum Gasteiger partial charge on any atom is 0.331 e. The summed E-state index contributed by atoms with van der Waals surface area (Å²) in [6.07, 6.45) is 2.94. The Kier molecular flexibility index (Phi) is 4.95. The van der Waals surface area contributed by atoms with E-state index in [1.54, 1.807) is 19.2 Å². The number of aromatic nitrogens is 1. The number of esters is 1. The average Bonchev–Trinajstić information content (AvgIpc) is 2.75. The molecule has 0 fully saturated rings. The Balaban J connectivity index is 2.84. The summed E-state index contributed by atoms with van der Waals surface area (Å²) in [6, 6.07) is 1.65. The summed E-state index contributed by atoms with van der Waals surface area (Å²) in [5.41, 5.74) is -0.605. The fraction of sp³-hybridized carbons (Fsp3) is 0.500. The first-order chi connectivity index (χ1) is 8.42. The first-order valence-corrected chi connectivity index (χ1v) is 6.47. The summed E-state index contributed by atoms with van der Waals surface area (Å²) in [6.45, 7) is 3.61. The Hall–Kier alpha value is -1.30. The maximum absolute atomic E-state index is 12.0. The highest BCUT2D eigenvalue weighted by atomic mass is 79.9. The van der Waals surface area contributed by atoms with Crippen molar-refractivity contribution < 1.29 is 14.3 Å². The molecule has 6 heteroatoms. The van der Waals surface area contributed by atoms with E-state index in [0.29, 0.717) is 12.1 Å². The van der Waals surface area contributed by atoms with Gasteiger partial charge in [-0.2, -0.15) is 0 Å².